The maximum absolute atomic E-state index is 12.3. The van der Waals surface area contributed by atoms with Crippen LogP contribution < -0.4 is 5.32 Å². The van der Waals surface area contributed by atoms with Crippen molar-refractivity contribution in [3.63, 3.8) is 0 Å². The molecule has 0 spiro atoms. The number of likely N-dealkylation sites (tertiary alicyclic amines) is 1. The number of nitrogens with one attached hydrogen (secondary N) is 1. The quantitative estimate of drug-likeness (QED) is 0.820. The van der Waals surface area contributed by atoms with Crippen molar-refractivity contribution in [1.82, 2.24) is 10.2 Å². The Bertz CT molecular complexity index is 537. The fraction of sp³-hybridized carbons (Fsp3) is 0.667. The molecule has 0 aromatic heterocycles. The third-order valence-corrected chi connectivity index (χ3v) is 5.83. The van der Waals surface area contributed by atoms with Crippen molar-refractivity contribution < 1.29 is 14.6 Å². The molecule has 0 bridgehead atoms. The summed E-state index contributed by atoms with van der Waals surface area (Å²) in [6, 6.07) is 10.4. The smallest absolute Gasteiger partial charge is 0.317 e. The van der Waals surface area contributed by atoms with E-state index in [1.54, 1.807) is 0 Å². The number of benzene rings is 1. The minimum Gasteiger partial charge on any atom is -0.393 e. The van der Waals surface area contributed by atoms with Crippen LogP contribution in [-0.4, -0.2) is 55.0 Å². The zero-order valence-corrected chi connectivity index (χ0v) is 15.6. The average Bonchev–Trinajstić information content (AvgIpc) is 2.72. The molecule has 2 saturated heterocycles. The van der Waals surface area contributed by atoms with Gasteiger partial charge in [-0.15, -0.1) is 0 Å². The van der Waals surface area contributed by atoms with Crippen molar-refractivity contribution >= 4 is 6.03 Å². The van der Waals surface area contributed by atoms with Gasteiger partial charge < -0.3 is 20.1 Å². The molecule has 0 saturated carbocycles. The van der Waals surface area contributed by atoms with E-state index in [-0.39, 0.29) is 12.1 Å². The lowest BCUT2D eigenvalue weighted by atomic mass is 9.88. The molecule has 1 aromatic rings. The van der Waals surface area contributed by atoms with Gasteiger partial charge in [0.1, 0.15) is 0 Å². The molecule has 0 aliphatic carbocycles. The highest BCUT2D eigenvalue weighted by atomic mass is 16.5. The Morgan fingerprint density at radius 2 is 1.85 bits per heavy atom. The zero-order chi connectivity index (χ0) is 18.2. The first-order valence-electron chi connectivity index (χ1n) is 10.0. The number of aryl methyl sites for hydroxylation is 1. The second kappa shape index (κ2) is 9.93. The predicted octanol–water partition coefficient (Wildman–Crippen LogP) is 2.83. The Morgan fingerprint density at radius 1 is 1.15 bits per heavy atom. The molecule has 2 aliphatic rings. The van der Waals surface area contributed by atoms with Gasteiger partial charge in [-0.05, 0) is 55.9 Å². The molecule has 2 N–H and O–H groups in total. The van der Waals surface area contributed by atoms with Gasteiger partial charge in [0.25, 0.3) is 0 Å². The lowest BCUT2D eigenvalue weighted by molar-refractivity contribution is 0.0582. The van der Waals surface area contributed by atoms with Crippen molar-refractivity contribution in [3.8, 4) is 0 Å². The van der Waals surface area contributed by atoms with Gasteiger partial charge in [0.15, 0.2) is 0 Å². The lowest BCUT2D eigenvalue weighted by Crippen LogP contribution is -2.47. The number of carbonyl (C=O) groups excluding carboxylic acids is 1. The molecule has 2 amide bonds. The fourth-order valence-corrected chi connectivity index (χ4v) is 3.98. The topological polar surface area (TPSA) is 61.8 Å². The zero-order valence-electron chi connectivity index (χ0n) is 15.6. The predicted molar refractivity (Wildman–Crippen MR) is 102 cm³/mol. The molecular weight excluding hydrogens is 328 g/mol. The molecular formula is C21H32N2O3. The van der Waals surface area contributed by atoms with E-state index in [1.807, 2.05) is 23.1 Å². The van der Waals surface area contributed by atoms with Crippen molar-refractivity contribution in [2.24, 2.45) is 11.8 Å². The standard InChI is InChI=1S/C21H32N2O3/c24-20(7-6-17-4-2-1-3-5-17)19-8-12-23(13-9-19)21(25)22-16-18-10-14-26-15-11-18/h1-5,18-20,24H,6-16H2,(H,22,25)/t20-/m1/s1. The van der Waals surface area contributed by atoms with Gasteiger partial charge in [0.05, 0.1) is 6.10 Å². The second-order valence-electron chi connectivity index (χ2n) is 7.66. The number of aliphatic hydroxyl groups is 1. The van der Waals surface area contributed by atoms with Gasteiger partial charge >= 0.3 is 6.03 Å². The van der Waals surface area contributed by atoms with E-state index < -0.39 is 0 Å². The number of carbonyl (C=O) groups is 1. The summed E-state index contributed by atoms with van der Waals surface area (Å²) >= 11 is 0. The summed E-state index contributed by atoms with van der Waals surface area (Å²) in [5.74, 6) is 0.850. The van der Waals surface area contributed by atoms with Crippen molar-refractivity contribution in [2.45, 2.75) is 44.6 Å². The number of rotatable bonds is 6. The van der Waals surface area contributed by atoms with Crippen LogP contribution in [-0.2, 0) is 11.2 Å². The van der Waals surface area contributed by atoms with E-state index in [2.05, 4.69) is 17.4 Å². The largest absolute Gasteiger partial charge is 0.393 e. The maximum atomic E-state index is 12.3. The van der Waals surface area contributed by atoms with Crippen LogP contribution in [0, 0.1) is 11.8 Å². The van der Waals surface area contributed by atoms with Gasteiger partial charge in [-0.25, -0.2) is 4.79 Å². The van der Waals surface area contributed by atoms with Gasteiger partial charge in [0, 0.05) is 32.8 Å². The molecule has 2 heterocycles. The Balaban J connectivity index is 1.34. The highest BCUT2D eigenvalue weighted by Gasteiger charge is 2.27. The van der Waals surface area contributed by atoms with Gasteiger partial charge in [0.2, 0.25) is 0 Å². The fourth-order valence-electron chi connectivity index (χ4n) is 3.98. The van der Waals surface area contributed by atoms with Crippen LogP contribution in [0.2, 0.25) is 0 Å². The average molecular weight is 360 g/mol. The van der Waals surface area contributed by atoms with E-state index in [4.69, 9.17) is 4.74 Å². The Morgan fingerprint density at radius 3 is 2.54 bits per heavy atom. The van der Waals surface area contributed by atoms with E-state index in [1.165, 1.54) is 5.56 Å². The molecule has 0 radical (unpaired) electrons. The number of ether oxygens (including phenoxy) is 1. The van der Waals surface area contributed by atoms with Crippen molar-refractivity contribution in [2.75, 3.05) is 32.8 Å². The molecule has 1 aromatic carbocycles. The normalized spacial score (nSPS) is 20.7. The monoisotopic (exact) mass is 360 g/mol. The highest BCUT2D eigenvalue weighted by Crippen LogP contribution is 2.23. The van der Waals surface area contributed by atoms with Crippen LogP contribution in [0.25, 0.3) is 0 Å². The number of aliphatic hydroxyl groups excluding tert-OH is 1. The summed E-state index contributed by atoms with van der Waals surface area (Å²) in [4.78, 5) is 14.3. The number of amides is 2. The molecule has 0 unspecified atom stereocenters. The van der Waals surface area contributed by atoms with Crippen LogP contribution in [0.4, 0.5) is 4.79 Å². The maximum Gasteiger partial charge on any atom is 0.317 e. The van der Waals surface area contributed by atoms with E-state index in [0.717, 1.165) is 71.4 Å². The number of piperidine rings is 1. The Kier molecular flexibility index (Phi) is 7.32. The minimum atomic E-state index is -0.275. The molecule has 2 aliphatic heterocycles. The third kappa shape index (κ3) is 5.71. The first-order valence-corrected chi connectivity index (χ1v) is 10.0. The van der Waals surface area contributed by atoms with E-state index in [0.29, 0.717) is 11.8 Å². The second-order valence-corrected chi connectivity index (χ2v) is 7.66. The number of nitrogens with zero attached hydrogens (tertiary/aromatic N) is 1. The Labute approximate surface area is 156 Å². The SMILES string of the molecule is O=C(NCC1CCOCC1)N1CCC([C@H](O)CCc2ccccc2)CC1. The Hall–Kier alpha value is -1.59. The van der Waals surface area contributed by atoms with Gasteiger partial charge in [-0.2, -0.15) is 0 Å². The van der Waals surface area contributed by atoms with Crippen LogP contribution in [0.5, 0.6) is 0 Å². The first-order chi connectivity index (χ1) is 12.7. The van der Waals surface area contributed by atoms with Gasteiger partial charge in [-0.3, -0.25) is 0 Å². The molecule has 26 heavy (non-hydrogen) atoms. The van der Waals surface area contributed by atoms with Crippen LogP contribution >= 0.6 is 0 Å². The molecule has 144 valence electrons. The molecule has 3 rings (SSSR count). The van der Waals surface area contributed by atoms with Crippen molar-refractivity contribution in [3.05, 3.63) is 35.9 Å². The highest BCUT2D eigenvalue weighted by molar-refractivity contribution is 5.74. The molecule has 5 nitrogen and oxygen atoms in total. The molecule has 5 heteroatoms. The van der Waals surface area contributed by atoms with Crippen LogP contribution in [0.3, 0.4) is 0 Å². The summed E-state index contributed by atoms with van der Waals surface area (Å²) in [7, 11) is 0. The molecule has 2 fully saturated rings. The number of hydrogen-bond donors (Lipinski definition) is 2. The summed E-state index contributed by atoms with van der Waals surface area (Å²) in [6.07, 6.45) is 5.29. The van der Waals surface area contributed by atoms with Crippen LogP contribution in [0.15, 0.2) is 30.3 Å². The first kappa shape index (κ1) is 19.2. The van der Waals surface area contributed by atoms with E-state index >= 15 is 0 Å². The van der Waals surface area contributed by atoms with Crippen LogP contribution in [0.1, 0.15) is 37.7 Å². The minimum absolute atomic E-state index is 0.0497. The third-order valence-electron chi connectivity index (χ3n) is 5.83. The number of hydrogen-bond acceptors (Lipinski definition) is 3. The lowest BCUT2D eigenvalue weighted by Gasteiger charge is -2.34. The van der Waals surface area contributed by atoms with Crippen molar-refractivity contribution in [1.29, 1.82) is 0 Å². The van der Waals surface area contributed by atoms with Gasteiger partial charge in [-0.1, -0.05) is 30.3 Å². The summed E-state index contributed by atoms with van der Waals surface area (Å²) in [5.41, 5.74) is 1.27. The summed E-state index contributed by atoms with van der Waals surface area (Å²) < 4.78 is 5.36. The molecule has 1 atom stereocenters. The summed E-state index contributed by atoms with van der Waals surface area (Å²) in [5, 5.41) is 13.6. The van der Waals surface area contributed by atoms with E-state index in [9.17, 15) is 9.90 Å². The summed E-state index contributed by atoms with van der Waals surface area (Å²) in [6.45, 7) is 3.86. The number of urea groups is 1.